The Morgan fingerprint density at radius 2 is 2.08 bits per heavy atom. The number of ether oxygens (including phenoxy) is 2. The molecule has 1 unspecified atom stereocenters. The first-order chi connectivity index (χ1) is 12.5. The van der Waals surface area contributed by atoms with Gasteiger partial charge >= 0.3 is 0 Å². The highest BCUT2D eigenvalue weighted by molar-refractivity contribution is 5.79. The van der Waals surface area contributed by atoms with E-state index in [0.29, 0.717) is 5.75 Å². The molecule has 136 valence electrons. The number of pyridine rings is 1. The van der Waals surface area contributed by atoms with E-state index in [-0.39, 0.29) is 18.4 Å². The van der Waals surface area contributed by atoms with Crippen LogP contribution >= 0.6 is 0 Å². The minimum Gasteiger partial charge on any atom is -0.497 e. The molecule has 26 heavy (non-hydrogen) atoms. The van der Waals surface area contributed by atoms with Crippen LogP contribution < -0.4 is 14.8 Å². The zero-order chi connectivity index (χ0) is 18.7. The van der Waals surface area contributed by atoms with Gasteiger partial charge in [-0.1, -0.05) is 6.07 Å². The molecule has 3 rings (SSSR count). The largest absolute Gasteiger partial charge is 0.497 e. The number of nitrogens with one attached hydrogen (secondary N) is 1. The molecule has 0 bridgehead atoms. The van der Waals surface area contributed by atoms with Crippen molar-refractivity contribution in [2.45, 2.75) is 26.3 Å². The molecule has 6 nitrogen and oxygen atoms in total. The van der Waals surface area contributed by atoms with Gasteiger partial charge in [-0.2, -0.15) is 0 Å². The van der Waals surface area contributed by atoms with Gasteiger partial charge in [0.15, 0.2) is 0 Å². The topological polar surface area (TPSA) is 64.9 Å². The first kappa shape index (κ1) is 17.8. The number of imidazole rings is 1. The first-order valence-electron chi connectivity index (χ1n) is 8.46. The van der Waals surface area contributed by atoms with Crippen molar-refractivity contribution in [1.29, 1.82) is 0 Å². The van der Waals surface area contributed by atoms with Gasteiger partial charge in [0.25, 0.3) is 0 Å². The lowest BCUT2D eigenvalue weighted by molar-refractivity contribution is -0.121. The van der Waals surface area contributed by atoms with E-state index in [1.807, 2.05) is 61.0 Å². The van der Waals surface area contributed by atoms with Crippen LogP contribution in [0.25, 0.3) is 5.65 Å². The maximum absolute atomic E-state index is 12.5. The van der Waals surface area contributed by atoms with Crippen LogP contribution in [0.2, 0.25) is 0 Å². The number of aromatic nitrogens is 2. The Morgan fingerprint density at radius 3 is 2.77 bits per heavy atom. The summed E-state index contributed by atoms with van der Waals surface area (Å²) in [7, 11) is 3.22. The van der Waals surface area contributed by atoms with Gasteiger partial charge in [0.05, 0.1) is 32.4 Å². The molecule has 1 atom stereocenters. The van der Waals surface area contributed by atoms with Crippen LogP contribution in [0, 0.1) is 6.92 Å². The average Bonchev–Trinajstić information content (AvgIpc) is 3.04. The van der Waals surface area contributed by atoms with Gasteiger partial charge in [0.1, 0.15) is 17.1 Å². The molecule has 0 radical (unpaired) electrons. The van der Waals surface area contributed by atoms with Gasteiger partial charge in [-0.15, -0.1) is 0 Å². The molecule has 1 amide bonds. The van der Waals surface area contributed by atoms with Crippen LogP contribution in [0.1, 0.15) is 29.8 Å². The Morgan fingerprint density at radius 1 is 1.27 bits per heavy atom. The number of hydrogen-bond acceptors (Lipinski definition) is 4. The van der Waals surface area contributed by atoms with E-state index >= 15 is 0 Å². The number of carbonyl (C=O) groups is 1. The lowest BCUT2D eigenvalue weighted by Crippen LogP contribution is -2.28. The summed E-state index contributed by atoms with van der Waals surface area (Å²) >= 11 is 0. The van der Waals surface area contributed by atoms with Crippen molar-refractivity contribution in [2.24, 2.45) is 0 Å². The average molecular weight is 353 g/mol. The molecular formula is C20H23N3O3. The number of methoxy groups -OCH3 is 2. The third kappa shape index (κ3) is 3.64. The number of amides is 1. The van der Waals surface area contributed by atoms with E-state index in [4.69, 9.17) is 9.47 Å². The Balaban J connectivity index is 1.73. The Labute approximate surface area is 152 Å². The lowest BCUT2D eigenvalue weighted by atomic mass is 10.1. The van der Waals surface area contributed by atoms with Gasteiger partial charge in [-0.25, -0.2) is 4.98 Å². The normalized spacial score (nSPS) is 12.0. The van der Waals surface area contributed by atoms with Crippen molar-refractivity contribution < 1.29 is 14.3 Å². The second-order valence-electron chi connectivity index (χ2n) is 6.23. The summed E-state index contributed by atoms with van der Waals surface area (Å²) in [4.78, 5) is 17.0. The Kier molecular flexibility index (Phi) is 5.11. The zero-order valence-electron chi connectivity index (χ0n) is 15.4. The fraction of sp³-hybridized carbons (Fsp3) is 0.300. The fourth-order valence-corrected chi connectivity index (χ4v) is 3.00. The van der Waals surface area contributed by atoms with E-state index < -0.39 is 0 Å². The number of fused-ring (bicyclic) bond motifs is 1. The third-order valence-electron chi connectivity index (χ3n) is 4.35. The highest BCUT2D eigenvalue weighted by Gasteiger charge is 2.16. The molecular weight excluding hydrogens is 330 g/mol. The molecule has 0 saturated carbocycles. The summed E-state index contributed by atoms with van der Waals surface area (Å²) in [6.45, 7) is 3.92. The maximum Gasteiger partial charge on any atom is 0.226 e. The SMILES string of the molecule is COc1ccc(OC)c(C(C)NC(=O)Cc2cn3cccc(C)c3n2)c1. The van der Waals surface area contributed by atoms with E-state index in [9.17, 15) is 4.79 Å². The summed E-state index contributed by atoms with van der Waals surface area (Å²) in [6, 6.07) is 9.29. The molecule has 0 fully saturated rings. The quantitative estimate of drug-likeness (QED) is 0.740. The van der Waals surface area contributed by atoms with E-state index in [1.165, 1.54) is 0 Å². The van der Waals surface area contributed by atoms with Crippen LogP contribution in [-0.4, -0.2) is 29.5 Å². The summed E-state index contributed by atoms with van der Waals surface area (Å²) < 4.78 is 12.6. The van der Waals surface area contributed by atoms with Gasteiger partial charge in [0.2, 0.25) is 5.91 Å². The van der Waals surface area contributed by atoms with Crippen molar-refractivity contribution in [3.8, 4) is 11.5 Å². The molecule has 0 aliphatic rings. The maximum atomic E-state index is 12.5. The number of benzene rings is 1. The number of nitrogens with zero attached hydrogens (tertiary/aromatic N) is 2. The molecule has 0 aliphatic carbocycles. The minimum absolute atomic E-state index is 0.0940. The molecule has 0 spiro atoms. The zero-order valence-corrected chi connectivity index (χ0v) is 15.4. The van der Waals surface area contributed by atoms with Crippen molar-refractivity contribution in [3.63, 3.8) is 0 Å². The predicted molar refractivity (Wildman–Crippen MR) is 99.7 cm³/mol. The van der Waals surface area contributed by atoms with Crippen LogP contribution in [0.4, 0.5) is 0 Å². The number of hydrogen-bond donors (Lipinski definition) is 1. The standard InChI is InChI=1S/C20H23N3O3/c1-13-6-5-9-23-12-15(22-20(13)23)10-19(24)21-14(2)17-11-16(25-3)7-8-18(17)26-4/h5-9,11-12,14H,10H2,1-4H3,(H,21,24). The summed E-state index contributed by atoms with van der Waals surface area (Å²) in [5, 5.41) is 3.01. The second-order valence-corrected chi connectivity index (χ2v) is 6.23. The van der Waals surface area contributed by atoms with E-state index in [1.54, 1.807) is 14.2 Å². The first-order valence-corrected chi connectivity index (χ1v) is 8.46. The van der Waals surface area contributed by atoms with Crippen LogP contribution in [0.3, 0.4) is 0 Å². The molecule has 0 aliphatic heterocycles. The molecule has 6 heteroatoms. The van der Waals surface area contributed by atoms with Crippen LogP contribution in [0.15, 0.2) is 42.7 Å². The molecule has 1 N–H and O–H groups in total. The lowest BCUT2D eigenvalue weighted by Gasteiger charge is -2.18. The van der Waals surface area contributed by atoms with Crippen molar-refractivity contribution >= 4 is 11.6 Å². The number of rotatable bonds is 6. The fourth-order valence-electron chi connectivity index (χ4n) is 3.00. The molecule has 1 aromatic carbocycles. The Bertz CT molecular complexity index is 933. The van der Waals surface area contributed by atoms with Gasteiger partial charge in [-0.05, 0) is 43.7 Å². The highest BCUT2D eigenvalue weighted by atomic mass is 16.5. The monoisotopic (exact) mass is 353 g/mol. The van der Waals surface area contributed by atoms with Gasteiger partial charge in [0, 0.05) is 18.0 Å². The van der Waals surface area contributed by atoms with Crippen molar-refractivity contribution in [1.82, 2.24) is 14.7 Å². The summed E-state index contributed by atoms with van der Waals surface area (Å²) in [5.74, 6) is 1.34. The van der Waals surface area contributed by atoms with Gasteiger partial charge in [-0.3, -0.25) is 4.79 Å². The Hall–Kier alpha value is -3.02. The minimum atomic E-state index is -0.216. The molecule has 3 aromatic rings. The van der Waals surface area contributed by atoms with Gasteiger partial charge < -0.3 is 19.2 Å². The number of carbonyl (C=O) groups excluding carboxylic acids is 1. The summed E-state index contributed by atoms with van der Waals surface area (Å²) in [5.41, 5.74) is 3.55. The molecule has 0 saturated heterocycles. The summed E-state index contributed by atoms with van der Waals surface area (Å²) in [6.07, 6.45) is 4.04. The highest BCUT2D eigenvalue weighted by Crippen LogP contribution is 2.29. The van der Waals surface area contributed by atoms with E-state index in [2.05, 4.69) is 10.3 Å². The van der Waals surface area contributed by atoms with E-state index in [0.717, 1.165) is 28.2 Å². The molecule has 2 heterocycles. The second kappa shape index (κ2) is 7.47. The number of aryl methyl sites for hydroxylation is 1. The smallest absolute Gasteiger partial charge is 0.226 e. The third-order valence-corrected chi connectivity index (χ3v) is 4.35. The predicted octanol–water partition coefficient (Wildman–Crippen LogP) is 3.08. The van der Waals surface area contributed by atoms with Crippen molar-refractivity contribution in [2.75, 3.05) is 14.2 Å². The van der Waals surface area contributed by atoms with Crippen molar-refractivity contribution in [3.05, 3.63) is 59.5 Å². The molecule has 2 aromatic heterocycles. The van der Waals surface area contributed by atoms with Crippen LogP contribution in [-0.2, 0) is 11.2 Å². The van der Waals surface area contributed by atoms with Crippen LogP contribution in [0.5, 0.6) is 11.5 Å².